The van der Waals surface area contributed by atoms with Crippen molar-refractivity contribution in [2.24, 2.45) is 5.89 Å². The van der Waals surface area contributed by atoms with E-state index in [1.807, 2.05) is 0 Å². The van der Waals surface area contributed by atoms with Crippen molar-refractivity contribution >= 4 is 0 Å². The lowest BCUT2D eigenvalue weighted by Gasteiger charge is -2.56. The Labute approximate surface area is 140 Å². The molecule has 1 fully saturated rings. The second-order valence-corrected chi connectivity index (χ2v) is 6.14. The van der Waals surface area contributed by atoms with E-state index in [0.29, 0.717) is 11.3 Å². The zero-order valence-corrected chi connectivity index (χ0v) is 12.1. The van der Waals surface area contributed by atoms with Crippen LogP contribution in [0.4, 0.5) is 0 Å². The number of methoxy groups -OCH3 is 1. The van der Waals surface area contributed by atoms with Gasteiger partial charge in [0.15, 0.2) is 11.5 Å². The number of ether oxygens (including phenoxy) is 2. The molecule has 4 nitrogen and oxygen atoms in total. The molecule has 2 unspecified atom stereocenters. The Morgan fingerprint density at radius 3 is 3.27 bits per heavy atom. The predicted octanol–water partition coefficient (Wildman–Crippen LogP) is 1.50. The fourth-order valence-corrected chi connectivity index (χ4v) is 4.32. The number of benzene rings is 1. The second kappa shape index (κ2) is 4.06. The zero-order chi connectivity index (χ0) is 21.2. The van der Waals surface area contributed by atoms with E-state index >= 15 is 0 Å². The summed E-state index contributed by atoms with van der Waals surface area (Å²) in [6.07, 6.45) is -2.89. The third-order valence-corrected chi connectivity index (χ3v) is 5.25. The third-order valence-electron chi connectivity index (χ3n) is 5.25. The first kappa shape index (κ1) is 7.84. The Balaban J connectivity index is 1.93. The van der Waals surface area contributed by atoms with Crippen LogP contribution in [-0.4, -0.2) is 48.9 Å². The molecule has 2 aliphatic carbocycles. The second-order valence-electron chi connectivity index (χ2n) is 6.14. The van der Waals surface area contributed by atoms with Crippen LogP contribution in [0.25, 0.3) is 0 Å². The first-order valence-electron chi connectivity index (χ1n) is 10.9. The maximum Gasteiger partial charge on any atom is 0.165 e. The number of rotatable bonds is 1. The fraction of sp³-hybridized carbons (Fsp3) is 0.556. The molecule has 5 rings (SSSR count). The van der Waals surface area contributed by atoms with Gasteiger partial charge in [0, 0.05) is 31.1 Å². The highest BCUT2D eigenvalue weighted by Crippen LogP contribution is 2.62. The molecular formula is C18H21NO3. The van der Waals surface area contributed by atoms with Gasteiger partial charge in [0.2, 0.25) is 0 Å². The SMILES string of the molecule is [2H]C1([2H])c2ccc(OC)c3c2[C@]24CCN(C([2H])([2H])[2H])[C@H]1[C@]2([2H])C=CC(O)C4([2H])O3. The molecule has 0 radical (unpaired) electrons. The van der Waals surface area contributed by atoms with Gasteiger partial charge >= 0.3 is 0 Å². The summed E-state index contributed by atoms with van der Waals surface area (Å²) < 4.78 is 71.6. The molecule has 2 bridgehead atoms. The summed E-state index contributed by atoms with van der Waals surface area (Å²) >= 11 is 0. The lowest BCUT2D eigenvalue weighted by atomic mass is 9.53. The van der Waals surface area contributed by atoms with E-state index in [0.717, 1.165) is 4.90 Å². The molecule has 0 amide bonds. The molecule has 1 N–H and O–H groups in total. The van der Waals surface area contributed by atoms with Crippen molar-refractivity contribution < 1.29 is 24.2 Å². The molecule has 1 spiro atoms. The van der Waals surface area contributed by atoms with E-state index in [1.165, 1.54) is 31.4 Å². The van der Waals surface area contributed by atoms with Gasteiger partial charge in [0.05, 0.1) is 8.48 Å². The van der Waals surface area contributed by atoms with E-state index in [2.05, 4.69) is 0 Å². The van der Waals surface area contributed by atoms with Crippen LogP contribution in [0.5, 0.6) is 11.5 Å². The summed E-state index contributed by atoms with van der Waals surface area (Å²) in [4.78, 5) is 1.05. The van der Waals surface area contributed by atoms with Gasteiger partial charge in [-0.2, -0.15) is 0 Å². The Morgan fingerprint density at radius 2 is 2.45 bits per heavy atom. The van der Waals surface area contributed by atoms with Crippen LogP contribution in [-0.2, 0) is 11.8 Å². The van der Waals surface area contributed by atoms with Crippen LogP contribution in [0.15, 0.2) is 24.3 Å². The molecule has 2 aliphatic heterocycles. The summed E-state index contributed by atoms with van der Waals surface area (Å²) in [5, 5.41) is 10.7. The van der Waals surface area contributed by atoms with E-state index < -0.39 is 42.9 Å². The van der Waals surface area contributed by atoms with Gasteiger partial charge in [-0.25, -0.2) is 0 Å². The van der Waals surface area contributed by atoms with Gasteiger partial charge < -0.3 is 19.5 Å². The number of hydrogen-bond donors (Lipinski definition) is 1. The normalized spacial score (nSPS) is 55.3. The number of aliphatic hydroxyl groups is 1. The first-order chi connectivity index (χ1) is 13.4. The molecule has 1 saturated heterocycles. The van der Waals surface area contributed by atoms with E-state index in [1.54, 1.807) is 0 Å². The largest absolute Gasteiger partial charge is 0.493 e. The lowest BCUT2D eigenvalue weighted by Crippen LogP contribution is -2.64. The highest BCUT2D eigenvalue weighted by Gasteiger charge is 2.64. The number of piperidine rings is 1. The molecule has 22 heavy (non-hydrogen) atoms. The van der Waals surface area contributed by atoms with Crippen molar-refractivity contribution in [3.8, 4) is 11.5 Å². The maximum absolute atomic E-state index is 10.7. The van der Waals surface area contributed by atoms with Crippen LogP contribution < -0.4 is 9.47 Å². The first-order valence-corrected chi connectivity index (χ1v) is 7.41. The Kier molecular flexibility index (Phi) is 1.45. The predicted molar refractivity (Wildman–Crippen MR) is 82.5 cm³/mol. The minimum atomic E-state index is -2.62. The van der Waals surface area contributed by atoms with Crippen molar-refractivity contribution in [2.75, 3.05) is 20.6 Å². The lowest BCUT2D eigenvalue weighted by molar-refractivity contribution is -0.0453. The average Bonchev–Trinajstić information content (AvgIpc) is 2.90. The molecule has 4 aliphatic rings. The van der Waals surface area contributed by atoms with Gasteiger partial charge in [-0.1, -0.05) is 18.2 Å². The zero-order valence-electron chi connectivity index (χ0n) is 19.1. The molecule has 0 saturated carbocycles. The van der Waals surface area contributed by atoms with Crippen LogP contribution in [0, 0.1) is 5.89 Å². The van der Waals surface area contributed by atoms with Crippen LogP contribution in [0.2, 0.25) is 0 Å². The third kappa shape index (κ3) is 1.28. The minimum Gasteiger partial charge on any atom is -0.493 e. The van der Waals surface area contributed by atoms with Crippen LogP contribution in [0.3, 0.4) is 0 Å². The maximum atomic E-state index is 10.7. The van der Waals surface area contributed by atoms with E-state index in [-0.39, 0.29) is 24.3 Å². The van der Waals surface area contributed by atoms with Crippen molar-refractivity contribution in [1.82, 2.24) is 4.90 Å². The molecule has 0 aromatic heterocycles. The van der Waals surface area contributed by atoms with Gasteiger partial charge in [0.25, 0.3) is 0 Å². The number of aliphatic hydroxyl groups excluding tert-OH is 1. The highest BCUT2D eigenvalue weighted by atomic mass is 16.5. The van der Waals surface area contributed by atoms with Crippen molar-refractivity contribution in [3.05, 3.63) is 35.4 Å². The number of nitrogens with zero attached hydrogens (tertiary/aromatic N) is 1. The molecular weight excluding hydrogens is 278 g/mol. The highest BCUT2D eigenvalue weighted by molar-refractivity contribution is 5.62. The number of hydrogen-bond acceptors (Lipinski definition) is 4. The van der Waals surface area contributed by atoms with Crippen LogP contribution in [0.1, 0.15) is 27.1 Å². The van der Waals surface area contributed by atoms with E-state index in [4.69, 9.17) is 17.7 Å². The summed E-state index contributed by atoms with van der Waals surface area (Å²) in [5.41, 5.74) is -0.908. The quantitative estimate of drug-likeness (QED) is 0.799. The van der Waals surface area contributed by atoms with Crippen LogP contribution >= 0.6 is 0 Å². The standard InChI is InChI=1S/C18H21NO3/c1-19-8-7-18-11-4-5-13(20)17(18)22-16-14(21-2)6-3-10(15(16)18)9-12(11)19/h3-6,11-13,17,20H,7-9H2,1-2H3/t11-,12+,13?,17?,18-/m0/s1/i1D3,9D2,11D,17D. The summed E-state index contributed by atoms with van der Waals surface area (Å²) in [6.45, 7) is -2.67. The Hall–Kier alpha value is -1.52. The van der Waals surface area contributed by atoms with Gasteiger partial charge in [-0.15, -0.1) is 0 Å². The molecule has 1 aromatic rings. The molecule has 1 aromatic carbocycles. The van der Waals surface area contributed by atoms with Gasteiger partial charge in [-0.3, -0.25) is 0 Å². The van der Waals surface area contributed by atoms with Crippen molar-refractivity contribution in [2.45, 2.75) is 36.4 Å². The van der Waals surface area contributed by atoms with Gasteiger partial charge in [0.1, 0.15) is 12.2 Å². The summed E-state index contributed by atoms with van der Waals surface area (Å²) in [7, 11) is 1.43. The van der Waals surface area contributed by atoms with Crippen molar-refractivity contribution in [1.29, 1.82) is 0 Å². The Bertz CT molecular complexity index is 950. The fourth-order valence-electron chi connectivity index (χ4n) is 4.32. The topological polar surface area (TPSA) is 41.9 Å². The minimum absolute atomic E-state index is 0.0536. The summed E-state index contributed by atoms with van der Waals surface area (Å²) in [6, 6.07) is 1.66. The average molecular weight is 306 g/mol. The number of likely N-dealkylation sites (tertiary alicyclic amines) is 1. The van der Waals surface area contributed by atoms with E-state index in [9.17, 15) is 6.48 Å². The van der Waals surface area contributed by atoms with Gasteiger partial charge in [-0.05, 0) is 37.9 Å². The van der Waals surface area contributed by atoms with Crippen molar-refractivity contribution in [3.63, 3.8) is 0 Å². The summed E-state index contributed by atoms with van der Waals surface area (Å²) in [5.74, 6) is -1.39. The smallest absolute Gasteiger partial charge is 0.165 e. The molecule has 4 heteroatoms. The molecule has 5 atom stereocenters. The molecule has 116 valence electrons. The number of likely N-dealkylation sites (N-methyl/N-ethyl adjacent to an activating group) is 1. The Morgan fingerprint density at radius 1 is 1.55 bits per heavy atom. The molecule has 2 heterocycles. The monoisotopic (exact) mass is 306 g/mol.